The predicted molar refractivity (Wildman–Crippen MR) is 47.7 cm³/mol. The van der Waals surface area contributed by atoms with E-state index in [0.29, 0.717) is 5.92 Å². The first-order valence-corrected chi connectivity index (χ1v) is 4.59. The molecule has 1 nitrogen and oxygen atoms in total. The van der Waals surface area contributed by atoms with Gasteiger partial charge in [-0.05, 0) is 24.5 Å². The van der Waals surface area contributed by atoms with Crippen LogP contribution in [0.2, 0.25) is 0 Å². The average molecular weight is 165 g/mol. The lowest BCUT2D eigenvalue weighted by atomic mass is 10.1. The van der Waals surface area contributed by atoms with Crippen LogP contribution < -0.4 is 0 Å². The Balaban J connectivity index is 2.82. The van der Waals surface area contributed by atoms with Crippen LogP contribution in [0.15, 0.2) is 12.1 Å². The molecule has 0 amide bonds. The molecule has 1 rings (SSSR count). The van der Waals surface area contributed by atoms with E-state index in [1.807, 2.05) is 6.07 Å². The van der Waals surface area contributed by atoms with Crippen molar-refractivity contribution in [2.24, 2.45) is 0 Å². The van der Waals surface area contributed by atoms with E-state index in [1.54, 1.807) is 11.3 Å². The Hall–Kier alpha value is -0.810. The highest BCUT2D eigenvalue weighted by Gasteiger charge is 2.05. The molecule has 1 unspecified atom stereocenters. The summed E-state index contributed by atoms with van der Waals surface area (Å²) in [5, 5.41) is 8.57. The molecule has 1 aromatic rings. The molecule has 1 atom stereocenters. The minimum absolute atomic E-state index is 0.599. The SMILES string of the molecule is CCC(C)c1ccc(C#N)s1. The van der Waals surface area contributed by atoms with Crippen molar-refractivity contribution >= 4 is 11.3 Å². The molecule has 11 heavy (non-hydrogen) atoms. The highest BCUT2D eigenvalue weighted by molar-refractivity contribution is 7.12. The first-order chi connectivity index (χ1) is 5.27. The van der Waals surface area contributed by atoms with Crippen molar-refractivity contribution in [3.05, 3.63) is 21.9 Å². The zero-order valence-electron chi connectivity index (χ0n) is 6.79. The number of hydrogen-bond acceptors (Lipinski definition) is 2. The van der Waals surface area contributed by atoms with Gasteiger partial charge in [0.05, 0.1) is 0 Å². The zero-order chi connectivity index (χ0) is 8.27. The van der Waals surface area contributed by atoms with Gasteiger partial charge in [0.15, 0.2) is 0 Å². The lowest BCUT2D eigenvalue weighted by Gasteiger charge is -2.02. The first-order valence-electron chi connectivity index (χ1n) is 3.77. The predicted octanol–water partition coefficient (Wildman–Crippen LogP) is 3.13. The molecule has 0 fully saturated rings. The minimum Gasteiger partial charge on any atom is -0.192 e. The van der Waals surface area contributed by atoms with Gasteiger partial charge in [-0.1, -0.05) is 13.8 Å². The molecule has 0 aliphatic carbocycles. The van der Waals surface area contributed by atoms with Gasteiger partial charge in [-0.2, -0.15) is 5.26 Å². The molecule has 0 bridgehead atoms. The van der Waals surface area contributed by atoms with Gasteiger partial charge in [0.25, 0.3) is 0 Å². The fraction of sp³-hybridized carbons (Fsp3) is 0.444. The van der Waals surface area contributed by atoms with Gasteiger partial charge in [0, 0.05) is 4.88 Å². The Morgan fingerprint density at radius 2 is 2.36 bits per heavy atom. The maximum Gasteiger partial charge on any atom is 0.110 e. The van der Waals surface area contributed by atoms with Gasteiger partial charge in [-0.25, -0.2) is 0 Å². The van der Waals surface area contributed by atoms with E-state index < -0.39 is 0 Å². The van der Waals surface area contributed by atoms with Crippen molar-refractivity contribution in [1.82, 2.24) is 0 Å². The van der Waals surface area contributed by atoms with Crippen LogP contribution in [-0.4, -0.2) is 0 Å². The smallest absolute Gasteiger partial charge is 0.110 e. The van der Waals surface area contributed by atoms with E-state index in [4.69, 9.17) is 5.26 Å². The van der Waals surface area contributed by atoms with Crippen molar-refractivity contribution in [3.8, 4) is 6.07 Å². The fourth-order valence-electron chi connectivity index (χ4n) is 0.879. The van der Waals surface area contributed by atoms with Crippen LogP contribution in [0.5, 0.6) is 0 Å². The summed E-state index contributed by atoms with van der Waals surface area (Å²) in [5.41, 5.74) is 0. The van der Waals surface area contributed by atoms with Gasteiger partial charge >= 0.3 is 0 Å². The molecule has 2 heteroatoms. The highest BCUT2D eigenvalue weighted by Crippen LogP contribution is 2.25. The van der Waals surface area contributed by atoms with Crippen LogP contribution in [0.25, 0.3) is 0 Å². The van der Waals surface area contributed by atoms with Crippen molar-refractivity contribution in [1.29, 1.82) is 5.26 Å². The third-order valence-corrected chi connectivity index (χ3v) is 3.06. The van der Waals surface area contributed by atoms with Crippen LogP contribution in [-0.2, 0) is 0 Å². The molecular formula is C9H11NS. The van der Waals surface area contributed by atoms with E-state index in [1.165, 1.54) is 4.88 Å². The number of thiophene rings is 1. The van der Waals surface area contributed by atoms with Crippen molar-refractivity contribution in [3.63, 3.8) is 0 Å². The average Bonchev–Trinajstić information content (AvgIpc) is 2.50. The lowest BCUT2D eigenvalue weighted by Crippen LogP contribution is -1.84. The summed E-state index contributed by atoms with van der Waals surface area (Å²) in [4.78, 5) is 2.14. The van der Waals surface area contributed by atoms with E-state index in [2.05, 4.69) is 26.0 Å². The van der Waals surface area contributed by atoms with Crippen LogP contribution in [0.4, 0.5) is 0 Å². The van der Waals surface area contributed by atoms with Gasteiger partial charge in [-0.3, -0.25) is 0 Å². The number of nitriles is 1. The Morgan fingerprint density at radius 1 is 1.64 bits per heavy atom. The van der Waals surface area contributed by atoms with E-state index >= 15 is 0 Å². The summed E-state index contributed by atoms with van der Waals surface area (Å²) >= 11 is 1.60. The molecule has 0 saturated heterocycles. The zero-order valence-corrected chi connectivity index (χ0v) is 7.61. The summed E-state index contributed by atoms with van der Waals surface area (Å²) < 4.78 is 0. The second-order valence-corrected chi connectivity index (χ2v) is 3.74. The monoisotopic (exact) mass is 165 g/mol. The van der Waals surface area contributed by atoms with Crippen molar-refractivity contribution in [2.75, 3.05) is 0 Å². The van der Waals surface area contributed by atoms with E-state index in [9.17, 15) is 0 Å². The quantitative estimate of drug-likeness (QED) is 0.660. The lowest BCUT2D eigenvalue weighted by molar-refractivity contribution is 0.748. The molecule has 1 aromatic heterocycles. The van der Waals surface area contributed by atoms with Gasteiger partial charge in [-0.15, -0.1) is 11.3 Å². The molecule has 0 radical (unpaired) electrons. The third kappa shape index (κ3) is 1.81. The maximum absolute atomic E-state index is 8.57. The Morgan fingerprint density at radius 3 is 2.82 bits per heavy atom. The van der Waals surface area contributed by atoms with Crippen molar-refractivity contribution in [2.45, 2.75) is 26.2 Å². The number of nitrogens with zero attached hydrogens (tertiary/aromatic N) is 1. The number of rotatable bonds is 2. The molecule has 0 aliphatic heterocycles. The standard InChI is InChI=1S/C9H11NS/c1-3-7(2)9-5-4-8(6-10)11-9/h4-5,7H,3H2,1-2H3. The van der Waals surface area contributed by atoms with Gasteiger partial charge in [0.1, 0.15) is 10.9 Å². The van der Waals surface area contributed by atoms with Crippen LogP contribution in [0.1, 0.15) is 35.9 Å². The molecule has 0 spiro atoms. The molecule has 0 aliphatic rings. The van der Waals surface area contributed by atoms with Gasteiger partial charge in [0.2, 0.25) is 0 Å². The molecule has 0 N–H and O–H groups in total. The highest BCUT2D eigenvalue weighted by atomic mass is 32.1. The summed E-state index contributed by atoms with van der Waals surface area (Å²) in [5.74, 6) is 0.599. The minimum atomic E-state index is 0.599. The molecule has 1 heterocycles. The summed E-state index contributed by atoms with van der Waals surface area (Å²) in [7, 11) is 0. The summed E-state index contributed by atoms with van der Waals surface area (Å²) in [6.07, 6.45) is 1.14. The molecule has 58 valence electrons. The molecule has 0 aromatic carbocycles. The third-order valence-electron chi connectivity index (χ3n) is 1.84. The Kier molecular flexibility index (Phi) is 2.67. The Bertz CT molecular complexity index is 269. The second kappa shape index (κ2) is 3.54. The largest absolute Gasteiger partial charge is 0.192 e. The normalized spacial score (nSPS) is 12.5. The van der Waals surface area contributed by atoms with Crippen LogP contribution in [0, 0.1) is 11.3 Å². The Labute approximate surface area is 71.3 Å². The number of hydrogen-bond donors (Lipinski definition) is 0. The molecule has 0 saturated carbocycles. The first kappa shape index (κ1) is 8.29. The topological polar surface area (TPSA) is 23.8 Å². The van der Waals surface area contributed by atoms with Crippen molar-refractivity contribution < 1.29 is 0 Å². The second-order valence-electron chi connectivity index (χ2n) is 2.62. The van der Waals surface area contributed by atoms with Crippen LogP contribution >= 0.6 is 11.3 Å². The van der Waals surface area contributed by atoms with E-state index in [0.717, 1.165) is 11.3 Å². The summed E-state index contributed by atoms with van der Waals surface area (Å²) in [6.45, 7) is 4.35. The van der Waals surface area contributed by atoms with Gasteiger partial charge < -0.3 is 0 Å². The maximum atomic E-state index is 8.57. The van der Waals surface area contributed by atoms with E-state index in [-0.39, 0.29) is 0 Å². The fourth-order valence-corrected chi connectivity index (χ4v) is 1.82. The van der Waals surface area contributed by atoms with Crippen LogP contribution in [0.3, 0.4) is 0 Å². The molecular weight excluding hydrogens is 154 g/mol. The summed E-state index contributed by atoms with van der Waals surface area (Å²) in [6, 6.07) is 6.09.